The van der Waals surface area contributed by atoms with Crippen LogP contribution in [0.25, 0.3) is 0 Å². The third kappa shape index (κ3) is 2.87. The van der Waals surface area contributed by atoms with Crippen molar-refractivity contribution in [1.29, 1.82) is 0 Å². The molecule has 0 radical (unpaired) electrons. The van der Waals surface area contributed by atoms with Crippen molar-refractivity contribution in [3.8, 4) is 0 Å². The van der Waals surface area contributed by atoms with Gasteiger partial charge in [-0.2, -0.15) is 0 Å². The SMILES string of the molecule is CCOC1=CC(C(=O)O)=CCC1(OC)OCC. The predicted molar refractivity (Wildman–Crippen MR) is 61.4 cm³/mol. The van der Waals surface area contributed by atoms with Crippen molar-refractivity contribution < 1.29 is 24.1 Å². The minimum Gasteiger partial charge on any atom is -0.492 e. The standard InChI is InChI=1S/C12H18O5/c1-4-16-10-8-9(11(13)14)6-7-12(10,15-3)17-5-2/h6,8H,4-5,7H2,1-3H3,(H,13,14). The monoisotopic (exact) mass is 242 g/mol. The van der Waals surface area contributed by atoms with Crippen molar-refractivity contribution >= 4 is 5.97 Å². The van der Waals surface area contributed by atoms with Crippen molar-refractivity contribution in [3.63, 3.8) is 0 Å². The van der Waals surface area contributed by atoms with Gasteiger partial charge in [-0.05, 0) is 19.9 Å². The maximum atomic E-state index is 10.9. The Morgan fingerprint density at radius 2 is 2.18 bits per heavy atom. The smallest absolute Gasteiger partial charge is 0.335 e. The van der Waals surface area contributed by atoms with Gasteiger partial charge in [-0.25, -0.2) is 4.79 Å². The lowest BCUT2D eigenvalue weighted by Gasteiger charge is -2.34. The maximum absolute atomic E-state index is 10.9. The van der Waals surface area contributed by atoms with Crippen molar-refractivity contribution in [3.05, 3.63) is 23.5 Å². The predicted octanol–water partition coefficient (Wildman–Crippen LogP) is 1.70. The maximum Gasteiger partial charge on any atom is 0.335 e. The molecule has 0 spiro atoms. The lowest BCUT2D eigenvalue weighted by molar-refractivity contribution is -0.214. The summed E-state index contributed by atoms with van der Waals surface area (Å²) >= 11 is 0. The Morgan fingerprint density at radius 3 is 2.65 bits per heavy atom. The topological polar surface area (TPSA) is 65.0 Å². The number of aliphatic carboxylic acids is 1. The van der Waals surface area contributed by atoms with E-state index in [-0.39, 0.29) is 5.57 Å². The van der Waals surface area contributed by atoms with E-state index in [1.54, 1.807) is 6.08 Å². The highest BCUT2D eigenvalue weighted by molar-refractivity contribution is 5.90. The summed E-state index contributed by atoms with van der Waals surface area (Å²) in [5.74, 6) is -1.57. The van der Waals surface area contributed by atoms with Crippen molar-refractivity contribution in [2.75, 3.05) is 20.3 Å². The molecule has 0 aliphatic heterocycles. The molecule has 96 valence electrons. The van der Waals surface area contributed by atoms with Gasteiger partial charge in [0, 0.05) is 20.1 Å². The summed E-state index contributed by atoms with van der Waals surface area (Å²) in [5, 5.41) is 8.95. The molecule has 0 saturated carbocycles. The van der Waals surface area contributed by atoms with Crippen LogP contribution < -0.4 is 0 Å². The average Bonchev–Trinajstić information content (AvgIpc) is 2.31. The molecular formula is C12H18O5. The highest BCUT2D eigenvalue weighted by Gasteiger charge is 2.39. The highest BCUT2D eigenvalue weighted by atomic mass is 16.7. The molecule has 5 heteroatoms. The Bertz CT molecular complexity index is 345. The van der Waals surface area contributed by atoms with Gasteiger partial charge in [0.1, 0.15) is 0 Å². The largest absolute Gasteiger partial charge is 0.492 e. The molecule has 1 unspecified atom stereocenters. The van der Waals surface area contributed by atoms with Crippen LogP contribution in [0.3, 0.4) is 0 Å². The van der Waals surface area contributed by atoms with E-state index in [0.29, 0.717) is 25.4 Å². The number of hydrogen-bond donors (Lipinski definition) is 1. The number of hydrogen-bond acceptors (Lipinski definition) is 4. The van der Waals surface area contributed by atoms with Crippen molar-refractivity contribution in [2.45, 2.75) is 26.1 Å². The van der Waals surface area contributed by atoms with Crippen LogP contribution in [0.15, 0.2) is 23.5 Å². The molecule has 0 bridgehead atoms. The minimum atomic E-state index is -0.996. The van der Waals surface area contributed by atoms with Crippen LogP contribution in [0, 0.1) is 0 Å². The van der Waals surface area contributed by atoms with Crippen LogP contribution in [0.1, 0.15) is 20.3 Å². The first-order valence-corrected chi connectivity index (χ1v) is 5.57. The zero-order valence-corrected chi connectivity index (χ0v) is 10.4. The molecule has 0 aromatic heterocycles. The summed E-state index contributed by atoms with van der Waals surface area (Å²) < 4.78 is 16.3. The Balaban J connectivity index is 3.03. The molecular weight excluding hydrogens is 224 g/mol. The van der Waals surface area contributed by atoms with E-state index in [4.69, 9.17) is 19.3 Å². The van der Waals surface area contributed by atoms with Gasteiger partial charge in [-0.15, -0.1) is 0 Å². The molecule has 1 rings (SSSR count). The van der Waals surface area contributed by atoms with Gasteiger partial charge in [0.25, 0.3) is 0 Å². The second kappa shape index (κ2) is 5.84. The van der Waals surface area contributed by atoms with Gasteiger partial charge in [0.05, 0.1) is 12.2 Å². The van der Waals surface area contributed by atoms with Crippen LogP contribution in [-0.2, 0) is 19.0 Å². The number of carboxylic acids is 1. The molecule has 0 aromatic carbocycles. The Morgan fingerprint density at radius 1 is 1.47 bits per heavy atom. The van der Waals surface area contributed by atoms with Crippen molar-refractivity contribution in [2.24, 2.45) is 0 Å². The third-order valence-electron chi connectivity index (χ3n) is 2.51. The van der Waals surface area contributed by atoms with E-state index in [9.17, 15) is 4.79 Å². The fourth-order valence-electron chi connectivity index (χ4n) is 1.72. The zero-order valence-electron chi connectivity index (χ0n) is 10.4. The fraction of sp³-hybridized carbons (Fsp3) is 0.583. The van der Waals surface area contributed by atoms with Gasteiger partial charge in [-0.1, -0.05) is 6.08 Å². The molecule has 17 heavy (non-hydrogen) atoms. The van der Waals surface area contributed by atoms with Crippen LogP contribution in [0.2, 0.25) is 0 Å². The summed E-state index contributed by atoms with van der Waals surface area (Å²) in [6, 6.07) is 0. The lowest BCUT2D eigenvalue weighted by Crippen LogP contribution is -2.39. The first-order valence-electron chi connectivity index (χ1n) is 5.57. The summed E-state index contributed by atoms with van der Waals surface area (Å²) in [4.78, 5) is 10.9. The first-order chi connectivity index (χ1) is 8.09. The summed E-state index contributed by atoms with van der Waals surface area (Å²) in [5.41, 5.74) is 0.195. The quantitative estimate of drug-likeness (QED) is 0.718. The normalized spacial score (nSPS) is 23.9. The Hall–Kier alpha value is -1.33. The van der Waals surface area contributed by atoms with Gasteiger partial charge in [0.15, 0.2) is 5.76 Å². The average molecular weight is 242 g/mol. The zero-order chi connectivity index (χ0) is 12.9. The summed E-state index contributed by atoms with van der Waals surface area (Å²) in [6.45, 7) is 4.55. The van der Waals surface area contributed by atoms with E-state index in [1.165, 1.54) is 13.2 Å². The molecule has 5 nitrogen and oxygen atoms in total. The molecule has 0 saturated heterocycles. The van der Waals surface area contributed by atoms with Crippen molar-refractivity contribution in [1.82, 2.24) is 0 Å². The van der Waals surface area contributed by atoms with E-state index in [0.717, 1.165) is 0 Å². The molecule has 1 aliphatic rings. The number of carboxylic acid groups (broad SMARTS) is 1. The van der Waals surface area contributed by atoms with Gasteiger partial charge in [-0.3, -0.25) is 0 Å². The summed E-state index contributed by atoms with van der Waals surface area (Å²) in [6.07, 6.45) is 3.35. The highest BCUT2D eigenvalue weighted by Crippen LogP contribution is 2.33. The van der Waals surface area contributed by atoms with Crippen LogP contribution in [-0.4, -0.2) is 37.2 Å². The third-order valence-corrected chi connectivity index (χ3v) is 2.51. The second-order valence-corrected chi connectivity index (χ2v) is 3.50. The number of methoxy groups -OCH3 is 1. The lowest BCUT2D eigenvalue weighted by atomic mass is 9.99. The Kier molecular flexibility index (Phi) is 4.72. The van der Waals surface area contributed by atoms with E-state index >= 15 is 0 Å². The van der Waals surface area contributed by atoms with E-state index in [1.807, 2.05) is 13.8 Å². The van der Waals surface area contributed by atoms with Gasteiger partial charge < -0.3 is 19.3 Å². The van der Waals surface area contributed by atoms with Crippen LogP contribution in [0.4, 0.5) is 0 Å². The molecule has 0 heterocycles. The molecule has 0 aromatic rings. The van der Waals surface area contributed by atoms with Crippen LogP contribution in [0.5, 0.6) is 0 Å². The minimum absolute atomic E-state index is 0.195. The Labute approximate surface area is 101 Å². The van der Waals surface area contributed by atoms with E-state index < -0.39 is 11.8 Å². The van der Waals surface area contributed by atoms with Gasteiger partial charge in [0.2, 0.25) is 5.79 Å². The number of rotatable bonds is 6. The van der Waals surface area contributed by atoms with E-state index in [2.05, 4.69) is 0 Å². The number of ether oxygens (including phenoxy) is 3. The number of carbonyl (C=O) groups is 1. The van der Waals surface area contributed by atoms with Crippen LogP contribution >= 0.6 is 0 Å². The molecule has 0 amide bonds. The molecule has 1 N–H and O–H groups in total. The first kappa shape index (κ1) is 13.7. The second-order valence-electron chi connectivity index (χ2n) is 3.50. The summed E-state index contributed by atoms with van der Waals surface area (Å²) in [7, 11) is 1.52. The molecule has 1 aliphatic carbocycles. The molecule has 0 fully saturated rings. The fourth-order valence-corrected chi connectivity index (χ4v) is 1.72. The molecule has 1 atom stereocenters. The van der Waals surface area contributed by atoms with Gasteiger partial charge >= 0.3 is 5.97 Å².